The minimum absolute atomic E-state index is 0.0226. The molecule has 4 unspecified atom stereocenters. The number of ether oxygens (including phenoxy) is 2. The number of hydrogen-bond acceptors (Lipinski definition) is 2. The third-order valence-corrected chi connectivity index (χ3v) is 8.70. The van der Waals surface area contributed by atoms with Gasteiger partial charge in [0.15, 0.2) is 0 Å². The molecule has 3 aromatic rings. The molecule has 2 fully saturated rings. The summed E-state index contributed by atoms with van der Waals surface area (Å²) >= 11 is 0. The van der Waals surface area contributed by atoms with Crippen LogP contribution in [0.5, 0.6) is 11.5 Å². The van der Waals surface area contributed by atoms with Crippen LogP contribution in [0.25, 0.3) is 21.9 Å². The lowest BCUT2D eigenvalue weighted by atomic mass is 9.73. The second-order valence-corrected chi connectivity index (χ2v) is 9.88. The van der Waals surface area contributed by atoms with Gasteiger partial charge in [-0.3, -0.25) is 0 Å². The van der Waals surface area contributed by atoms with E-state index >= 15 is 0 Å². The lowest BCUT2D eigenvalue weighted by Crippen LogP contribution is -2.24. The fourth-order valence-electron chi connectivity index (χ4n) is 7.22. The zero-order chi connectivity index (χ0) is 22.0. The molecule has 0 aliphatic heterocycles. The maximum atomic E-state index is 5.68. The number of methoxy groups -OCH3 is 2. The molecule has 0 N–H and O–H groups in total. The Hall–Kier alpha value is -3.00. The number of benzene rings is 3. The van der Waals surface area contributed by atoms with Gasteiger partial charge in [0.1, 0.15) is 11.5 Å². The van der Waals surface area contributed by atoms with Crippen LogP contribution in [0.15, 0.2) is 73.8 Å². The van der Waals surface area contributed by atoms with Crippen molar-refractivity contribution in [2.24, 2.45) is 23.7 Å². The molecule has 2 saturated carbocycles. The second-order valence-electron chi connectivity index (χ2n) is 9.88. The Morgan fingerprint density at radius 1 is 0.750 bits per heavy atom. The molecule has 1 spiro atoms. The van der Waals surface area contributed by atoms with Gasteiger partial charge in [-0.1, -0.05) is 24.3 Å². The lowest BCUT2D eigenvalue weighted by Gasteiger charge is -2.30. The Balaban J connectivity index is 1.59. The lowest BCUT2D eigenvalue weighted by molar-refractivity contribution is 0.381. The van der Waals surface area contributed by atoms with Crippen molar-refractivity contribution >= 4 is 10.8 Å². The van der Waals surface area contributed by atoms with Gasteiger partial charge in [0.2, 0.25) is 0 Å². The van der Waals surface area contributed by atoms with Gasteiger partial charge < -0.3 is 9.47 Å². The van der Waals surface area contributed by atoms with Crippen molar-refractivity contribution in [1.29, 1.82) is 0 Å². The van der Waals surface area contributed by atoms with Crippen LogP contribution in [0.4, 0.5) is 0 Å². The number of hydrogen-bond donors (Lipinski definition) is 0. The van der Waals surface area contributed by atoms with Crippen LogP contribution >= 0.6 is 0 Å². The van der Waals surface area contributed by atoms with Crippen molar-refractivity contribution in [2.45, 2.75) is 24.7 Å². The monoisotopic (exact) mass is 422 g/mol. The molecule has 0 amide bonds. The van der Waals surface area contributed by atoms with Gasteiger partial charge in [-0.25, -0.2) is 0 Å². The predicted molar refractivity (Wildman–Crippen MR) is 131 cm³/mol. The van der Waals surface area contributed by atoms with E-state index in [4.69, 9.17) is 9.47 Å². The van der Waals surface area contributed by atoms with Crippen molar-refractivity contribution in [2.75, 3.05) is 14.2 Å². The minimum atomic E-state index is 0.0226. The molecule has 32 heavy (non-hydrogen) atoms. The second kappa shape index (κ2) is 7.00. The quantitative estimate of drug-likeness (QED) is 0.415. The Morgan fingerprint density at radius 2 is 1.38 bits per heavy atom. The van der Waals surface area contributed by atoms with Crippen LogP contribution in [0, 0.1) is 23.7 Å². The van der Waals surface area contributed by atoms with Gasteiger partial charge in [0.05, 0.1) is 14.2 Å². The van der Waals surface area contributed by atoms with Gasteiger partial charge in [-0.15, -0.1) is 13.2 Å². The van der Waals surface area contributed by atoms with Crippen LogP contribution in [0.2, 0.25) is 0 Å². The summed E-state index contributed by atoms with van der Waals surface area (Å²) in [5.74, 6) is 4.30. The van der Waals surface area contributed by atoms with Crippen LogP contribution in [0.1, 0.15) is 30.4 Å². The van der Waals surface area contributed by atoms with Crippen LogP contribution < -0.4 is 9.47 Å². The van der Waals surface area contributed by atoms with Crippen LogP contribution in [-0.2, 0) is 5.41 Å². The van der Waals surface area contributed by atoms with E-state index in [9.17, 15) is 0 Å². The van der Waals surface area contributed by atoms with Gasteiger partial charge in [0.25, 0.3) is 0 Å². The number of rotatable bonds is 4. The molecule has 0 aromatic heterocycles. The summed E-state index contributed by atoms with van der Waals surface area (Å²) in [5, 5.41) is 2.51. The maximum Gasteiger partial charge on any atom is 0.119 e. The summed E-state index contributed by atoms with van der Waals surface area (Å²) in [4.78, 5) is 0. The summed E-state index contributed by atoms with van der Waals surface area (Å²) in [6.45, 7) is 8.39. The van der Waals surface area contributed by atoms with E-state index in [1.807, 2.05) is 0 Å². The molecule has 0 bridgehead atoms. The summed E-state index contributed by atoms with van der Waals surface area (Å²) in [7, 11) is 3.50. The largest absolute Gasteiger partial charge is 0.497 e. The minimum Gasteiger partial charge on any atom is -0.497 e. The molecule has 3 aromatic carbocycles. The summed E-state index contributed by atoms with van der Waals surface area (Å²) in [5.41, 5.74) is 5.68. The fraction of sp³-hybridized carbons (Fsp3) is 0.333. The third-order valence-electron chi connectivity index (χ3n) is 8.70. The van der Waals surface area contributed by atoms with Crippen molar-refractivity contribution in [3.63, 3.8) is 0 Å². The first kappa shape index (κ1) is 19.7. The Kier molecular flexibility index (Phi) is 4.30. The Morgan fingerprint density at radius 3 is 2.03 bits per heavy atom. The first-order chi connectivity index (χ1) is 15.6. The van der Waals surface area contributed by atoms with Crippen molar-refractivity contribution in [3.8, 4) is 22.6 Å². The Bertz CT molecular complexity index is 1230. The van der Waals surface area contributed by atoms with Crippen LogP contribution in [-0.4, -0.2) is 14.2 Å². The maximum absolute atomic E-state index is 5.68. The smallest absolute Gasteiger partial charge is 0.119 e. The SMILES string of the molecule is C=CC1CC(C=C)C2CC3(CC12)c1cc(OC)ccc1-c1cc2ccc(OC)cc2cc13. The standard InChI is InChI=1S/C30H30O2/c1-5-18-11-19(6-2)27-17-30(16-26(18)27)28-14-21-12-22(31-3)8-7-20(21)13-25(28)24-10-9-23(32-4)15-29(24)30/h5-10,12-15,18-19,26-27H,1-2,11,16-17H2,3-4H3. The zero-order valence-corrected chi connectivity index (χ0v) is 18.9. The van der Waals surface area contributed by atoms with Crippen molar-refractivity contribution in [1.82, 2.24) is 0 Å². The summed E-state index contributed by atoms with van der Waals surface area (Å²) in [6.07, 6.45) is 7.94. The van der Waals surface area contributed by atoms with E-state index in [2.05, 4.69) is 73.8 Å². The van der Waals surface area contributed by atoms with E-state index in [0.29, 0.717) is 23.7 Å². The van der Waals surface area contributed by atoms with Crippen molar-refractivity contribution in [3.05, 3.63) is 85.0 Å². The topological polar surface area (TPSA) is 18.5 Å². The van der Waals surface area contributed by atoms with E-state index in [1.165, 1.54) is 52.3 Å². The highest BCUT2D eigenvalue weighted by molar-refractivity contribution is 5.94. The van der Waals surface area contributed by atoms with E-state index in [0.717, 1.165) is 11.5 Å². The highest BCUT2D eigenvalue weighted by Crippen LogP contribution is 2.66. The molecule has 0 radical (unpaired) electrons. The molecule has 0 saturated heterocycles. The van der Waals surface area contributed by atoms with E-state index in [-0.39, 0.29) is 5.41 Å². The average Bonchev–Trinajstić information content (AvgIpc) is 3.46. The van der Waals surface area contributed by atoms with E-state index in [1.54, 1.807) is 14.2 Å². The number of allylic oxidation sites excluding steroid dienone is 2. The molecule has 3 aliphatic rings. The zero-order valence-electron chi connectivity index (χ0n) is 18.9. The van der Waals surface area contributed by atoms with Crippen LogP contribution in [0.3, 0.4) is 0 Å². The average molecular weight is 423 g/mol. The predicted octanol–water partition coefficient (Wildman–Crippen LogP) is 7.16. The first-order valence-corrected chi connectivity index (χ1v) is 11.7. The Labute approximate surface area is 190 Å². The number of fused-ring (bicyclic) bond motifs is 7. The molecule has 2 heteroatoms. The van der Waals surface area contributed by atoms with Gasteiger partial charge in [0, 0.05) is 5.41 Å². The molecule has 2 nitrogen and oxygen atoms in total. The highest BCUT2D eigenvalue weighted by Gasteiger charge is 2.57. The molecule has 162 valence electrons. The molecule has 0 heterocycles. The van der Waals surface area contributed by atoms with Gasteiger partial charge in [-0.2, -0.15) is 0 Å². The summed E-state index contributed by atoms with van der Waals surface area (Å²) in [6, 6.07) is 17.9. The van der Waals surface area contributed by atoms with Gasteiger partial charge >= 0.3 is 0 Å². The normalized spacial score (nSPS) is 29.6. The molecule has 4 atom stereocenters. The van der Waals surface area contributed by atoms with Crippen molar-refractivity contribution < 1.29 is 9.47 Å². The molecular weight excluding hydrogens is 392 g/mol. The van der Waals surface area contributed by atoms with Gasteiger partial charge in [-0.05, 0) is 112 Å². The molecule has 6 rings (SSSR count). The molecule has 3 aliphatic carbocycles. The molecular formula is C30H30O2. The van der Waals surface area contributed by atoms with E-state index < -0.39 is 0 Å². The summed E-state index contributed by atoms with van der Waals surface area (Å²) < 4.78 is 11.2. The fourth-order valence-corrected chi connectivity index (χ4v) is 7.22. The third kappa shape index (κ3) is 2.53. The highest BCUT2D eigenvalue weighted by atomic mass is 16.5. The first-order valence-electron chi connectivity index (χ1n) is 11.7.